The lowest BCUT2D eigenvalue weighted by Crippen LogP contribution is -2.10. The smallest absolute Gasteiger partial charge is 0.376 e. The highest BCUT2D eigenvalue weighted by Crippen LogP contribution is 2.39. The lowest BCUT2D eigenvalue weighted by molar-refractivity contribution is -0.218. The van der Waals surface area contributed by atoms with E-state index in [0.717, 1.165) is 12.8 Å². The zero-order chi connectivity index (χ0) is 17.1. The predicted molar refractivity (Wildman–Crippen MR) is 82.6 cm³/mol. The predicted octanol–water partition coefficient (Wildman–Crippen LogP) is 2.78. The molecule has 0 aliphatic rings. The third kappa shape index (κ3) is 5.61. The van der Waals surface area contributed by atoms with E-state index in [1.807, 2.05) is 0 Å². The molecule has 0 aromatic heterocycles. The van der Waals surface area contributed by atoms with Crippen molar-refractivity contribution in [3.8, 4) is 17.2 Å². The zero-order valence-corrected chi connectivity index (χ0v) is 13.9. The number of hydrogen-bond acceptors (Lipinski definition) is 7. The fraction of sp³-hybridized carbons (Fsp3) is 0.500. The first-order valence-corrected chi connectivity index (χ1v) is 7.25. The van der Waals surface area contributed by atoms with Crippen molar-refractivity contribution in [1.82, 2.24) is 0 Å². The number of carbonyl (C=O) groups excluding carboxylic acids is 1. The van der Waals surface area contributed by atoms with Crippen LogP contribution in [0.15, 0.2) is 12.1 Å². The third-order valence-electron chi connectivity index (χ3n) is 2.94. The maximum Gasteiger partial charge on any atom is 0.376 e. The molecule has 0 spiro atoms. The van der Waals surface area contributed by atoms with E-state index in [0.29, 0.717) is 18.1 Å². The van der Waals surface area contributed by atoms with Crippen molar-refractivity contribution in [2.24, 2.45) is 0 Å². The zero-order valence-electron chi connectivity index (χ0n) is 13.9. The van der Waals surface area contributed by atoms with Crippen molar-refractivity contribution in [3.63, 3.8) is 0 Å². The van der Waals surface area contributed by atoms with Crippen LogP contribution >= 0.6 is 0 Å². The summed E-state index contributed by atoms with van der Waals surface area (Å²) < 4.78 is 20.8. The van der Waals surface area contributed by atoms with Crippen LogP contribution in [0.25, 0.3) is 0 Å². The Labute approximate surface area is 136 Å². The average Bonchev–Trinajstić information content (AvgIpc) is 2.59. The van der Waals surface area contributed by atoms with Crippen LogP contribution in [0, 0.1) is 6.61 Å². The lowest BCUT2D eigenvalue weighted by atomic mass is 10.1. The van der Waals surface area contributed by atoms with Gasteiger partial charge in [0.1, 0.15) is 5.56 Å². The van der Waals surface area contributed by atoms with E-state index in [4.69, 9.17) is 28.7 Å². The van der Waals surface area contributed by atoms with Crippen molar-refractivity contribution >= 4 is 5.97 Å². The Morgan fingerprint density at radius 1 is 1.09 bits per heavy atom. The van der Waals surface area contributed by atoms with Crippen LogP contribution in [0.3, 0.4) is 0 Å². The van der Waals surface area contributed by atoms with E-state index in [9.17, 15) is 4.79 Å². The topological polar surface area (TPSA) is 72.5 Å². The van der Waals surface area contributed by atoms with Gasteiger partial charge in [0.25, 0.3) is 0 Å². The molecule has 0 aliphatic carbocycles. The summed E-state index contributed by atoms with van der Waals surface area (Å²) in [7, 11) is 4.36. The molecule has 1 radical (unpaired) electrons. The molecular weight excluding hydrogens is 304 g/mol. The van der Waals surface area contributed by atoms with Crippen LogP contribution in [0.4, 0.5) is 0 Å². The molecule has 0 atom stereocenters. The number of carbonyl (C=O) groups is 1. The van der Waals surface area contributed by atoms with Gasteiger partial charge in [-0.25, -0.2) is 4.79 Å². The number of rotatable bonds is 11. The molecule has 0 unspecified atom stereocenters. The van der Waals surface area contributed by atoms with Crippen molar-refractivity contribution in [3.05, 3.63) is 24.3 Å². The van der Waals surface area contributed by atoms with Gasteiger partial charge in [-0.05, 0) is 18.6 Å². The molecule has 0 fully saturated rings. The third-order valence-corrected chi connectivity index (χ3v) is 2.94. The summed E-state index contributed by atoms with van der Waals surface area (Å²) in [6.07, 6.45) is 2.02. The van der Waals surface area contributed by atoms with Crippen LogP contribution in [-0.4, -0.2) is 40.5 Å². The molecule has 0 heterocycles. The van der Waals surface area contributed by atoms with Gasteiger partial charge in [0.05, 0.1) is 27.9 Å². The normalized spacial score (nSPS) is 10.3. The second kappa shape index (κ2) is 10.7. The van der Waals surface area contributed by atoms with Crippen LogP contribution in [0.1, 0.15) is 30.1 Å². The number of hydrogen-bond donors (Lipinski definition) is 0. The second-order valence-electron chi connectivity index (χ2n) is 4.44. The van der Waals surface area contributed by atoms with Gasteiger partial charge in [0, 0.05) is 6.61 Å². The maximum atomic E-state index is 12.0. The first kappa shape index (κ1) is 19.1. The molecule has 1 rings (SSSR count). The number of ether oxygens (including phenoxy) is 4. The lowest BCUT2D eigenvalue weighted by Gasteiger charge is -2.14. The summed E-state index contributed by atoms with van der Waals surface area (Å²) in [5.41, 5.74) is 0.158. The van der Waals surface area contributed by atoms with Crippen molar-refractivity contribution in [2.75, 3.05) is 34.5 Å². The minimum Gasteiger partial charge on any atom is -0.493 e. The molecule has 0 N–H and O–H groups in total. The Hall–Kier alpha value is -1.99. The number of benzene rings is 1. The molecule has 7 nitrogen and oxygen atoms in total. The van der Waals surface area contributed by atoms with E-state index >= 15 is 0 Å². The van der Waals surface area contributed by atoms with Gasteiger partial charge < -0.3 is 18.9 Å². The maximum absolute atomic E-state index is 12.0. The van der Waals surface area contributed by atoms with E-state index < -0.39 is 5.97 Å². The fourth-order valence-corrected chi connectivity index (χ4v) is 1.79. The molecule has 0 saturated carbocycles. The summed E-state index contributed by atoms with van der Waals surface area (Å²) in [4.78, 5) is 21.5. The molecule has 0 saturated heterocycles. The molecule has 23 heavy (non-hydrogen) atoms. The Balaban J connectivity index is 2.59. The van der Waals surface area contributed by atoms with Gasteiger partial charge in [-0.1, -0.05) is 13.3 Å². The van der Waals surface area contributed by atoms with Gasteiger partial charge in [-0.15, -0.1) is 0 Å². The first-order chi connectivity index (χ1) is 11.2. The van der Waals surface area contributed by atoms with Gasteiger partial charge in [-0.3, -0.25) is 4.89 Å². The van der Waals surface area contributed by atoms with Gasteiger partial charge in [0.2, 0.25) is 5.75 Å². The standard InChI is InChI=1S/C16H23O7/c1-5-6-9-21-10-11-22-23-16(17)12-7-8-13(18-2)15(20-4)14(12)19-3/h7-8,11H,5-6,9-10H2,1-4H3. The van der Waals surface area contributed by atoms with E-state index in [-0.39, 0.29) is 17.9 Å². The molecule has 129 valence electrons. The van der Waals surface area contributed by atoms with Crippen molar-refractivity contribution in [1.29, 1.82) is 0 Å². The largest absolute Gasteiger partial charge is 0.493 e. The molecular formula is C16H23O7. The summed E-state index contributed by atoms with van der Waals surface area (Å²) in [5.74, 6) is 0.237. The molecule has 1 aromatic carbocycles. The van der Waals surface area contributed by atoms with Crippen LogP contribution in [0.5, 0.6) is 17.2 Å². The van der Waals surface area contributed by atoms with Crippen molar-refractivity contribution < 1.29 is 33.5 Å². The number of methoxy groups -OCH3 is 3. The molecule has 1 aromatic rings. The molecule has 0 aliphatic heterocycles. The fourth-order valence-electron chi connectivity index (χ4n) is 1.79. The quantitative estimate of drug-likeness (QED) is 0.351. The SMILES string of the molecule is CCCCOC[CH]OOC(=O)c1ccc(OC)c(OC)c1OC. The van der Waals surface area contributed by atoms with Gasteiger partial charge in [-0.2, -0.15) is 4.89 Å². The minimum absolute atomic E-state index is 0.158. The van der Waals surface area contributed by atoms with Crippen molar-refractivity contribution in [2.45, 2.75) is 19.8 Å². The summed E-state index contributed by atoms with van der Waals surface area (Å²) in [6, 6.07) is 3.08. The van der Waals surface area contributed by atoms with Gasteiger partial charge in [0.15, 0.2) is 18.1 Å². The monoisotopic (exact) mass is 327 g/mol. The van der Waals surface area contributed by atoms with Crippen LogP contribution < -0.4 is 14.2 Å². The highest BCUT2D eigenvalue weighted by atomic mass is 17.2. The van der Waals surface area contributed by atoms with E-state index in [1.54, 1.807) is 6.07 Å². The Bertz CT molecular complexity index is 488. The number of unbranched alkanes of at least 4 members (excludes halogenated alkanes) is 1. The highest BCUT2D eigenvalue weighted by Gasteiger charge is 2.22. The summed E-state index contributed by atoms with van der Waals surface area (Å²) in [5, 5.41) is 0. The Kier molecular flexibility index (Phi) is 8.86. The molecule has 7 heteroatoms. The second-order valence-corrected chi connectivity index (χ2v) is 4.44. The molecule has 0 bridgehead atoms. The highest BCUT2D eigenvalue weighted by molar-refractivity contribution is 5.93. The Morgan fingerprint density at radius 3 is 2.43 bits per heavy atom. The summed E-state index contributed by atoms with van der Waals surface area (Å²) >= 11 is 0. The minimum atomic E-state index is -0.715. The Morgan fingerprint density at radius 2 is 1.83 bits per heavy atom. The molecule has 0 amide bonds. The van der Waals surface area contributed by atoms with Crippen LogP contribution in [0.2, 0.25) is 0 Å². The summed E-state index contributed by atoms with van der Waals surface area (Å²) in [6.45, 7) is 4.20. The van der Waals surface area contributed by atoms with Crippen LogP contribution in [-0.2, 0) is 14.5 Å². The first-order valence-electron chi connectivity index (χ1n) is 7.25. The average molecular weight is 327 g/mol. The van der Waals surface area contributed by atoms with Gasteiger partial charge >= 0.3 is 5.97 Å². The van der Waals surface area contributed by atoms with E-state index in [2.05, 4.69) is 6.92 Å². The van der Waals surface area contributed by atoms with E-state index in [1.165, 1.54) is 34.0 Å².